The summed E-state index contributed by atoms with van der Waals surface area (Å²) in [5, 5.41) is 3.94. The van der Waals surface area contributed by atoms with Gasteiger partial charge in [0.15, 0.2) is 0 Å². The highest BCUT2D eigenvalue weighted by Gasteiger charge is 2.20. The number of hydrogen-bond donors (Lipinski definition) is 1. The van der Waals surface area contributed by atoms with Crippen LogP contribution in [0.5, 0.6) is 5.75 Å². The molecule has 0 fully saturated rings. The van der Waals surface area contributed by atoms with Crippen LogP contribution in [0.15, 0.2) is 22.7 Å². The molecule has 0 bridgehead atoms. The summed E-state index contributed by atoms with van der Waals surface area (Å²) in [4.78, 5) is 0. The number of methoxy groups -OCH3 is 1. The molecular weight excluding hydrogens is 259 g/mol. The summed E-state index contributed by atoms with van der Waals surface area (Å²) in [5.74, 6) is 1.08. The number of benzene rings is 1. The molecule has 0 aliphatic carbocycles. The van der Waals surface area contributed by atoms with Gasteiger partial charge in [0.1, 0.15) is 17.3 Å². The van der Waals surface area contributed by atoms with Crippen molar-refractivity contribution in [2.45, 2.75) is 26.2 Å². The van der Waals surface area contributed by atoms with Crippen LogP contribution in [-0.2, 0) is 6.42 Å². The number of nitrogens with two attached hydrogens (primary N) is 1. The van der Waals surface area contributed by atoms with Crippen molar-refractivity contribution in [1.29, 1.82) is 0 Å². The minimum atomic E-state index is -0.294. The van der Waals surface area contributed by atoms with E-state index >= 15 is 0 Å². The smallest absolute Gasteiger partial charge is 0.137 e. The van der Waals surface area contributed by atoms with Crippen LogP contribution in [-0.4, -0.2) is 18.8 Å². The van der Waals surface area contributed by atoms with Crippen LogP contribution >= 0.6 is 0 Å². The molecule has 1 unspecified atom stereocenters. The fraction of sp³-hybridized carbons (Fsp3) is 0.400. The molecule has 0 saturated heterocycles. The van der Waals surface area contributed by atoms with E-state index in [4.69, 9.17) is 15.0 Å². The van der Waals surface area contributed by atoms with E-state index in [0.29, 0.717) is 18.7 Å². The zero-order chi connectivity index (χ0) is 14.7. The van der Waals surface area contributed by atoms with Crippen molar-refractivity contribution in [1.82, 2.24) is 5.16 Å². The number of rotatable bonds is 5. The fourth-order valence-electron chi connectivity index (χ4n) is 2.38. The summed E-state index contributed by atoms with van der Waals surface area (Å²) >= 11 is 0. The average molecular weight is 278 g/mol. The first kappa shape index (κ1) is 14.5. The second-order valence-corrected chi connectivity index (χ2v) is 4.83. The Kier molecular flexibility index (Phi) is 4.39. The molecule has 1 aromatic heterocycles. The molecule has 2 rings (SSSR count). The zero-order valence-corrected chi connectivity index (χ0v) is 11.9. The van der Waals surface area contributed by atoms with E-state index in [2.05, 4.69) is 5.16 Å². The normalized spacial score (nSPS) is 12.4. The lowest BCUT2D eigenvalue weighted by Crippen LogP contribution is -2.16. The molecule has 4 nitrogen and oxygen atoms in total. The van der Waals surface area contributed by atoms with Gasteiger partial charge in [-0.3, -0.25) is 0 Å². The quantitative estimate of drug-likeness (QED) is 0.913. The molecule has 1 aromatic carbocycles. The van der Waals surface area contributed by atoms with Gasteiger partial charge in [-0.2, -0.15) is 0 Å². The third kappa shape index (κ3) is 2.82. The van der Waals surface area contributed by atoms with E-state index in [0.717, 1.165) is 22.6 Å². The third-order valence-corrected chi connectivity index (χ3v) is 3.55. The Hall–Kier alpha value is -1.88. The van der Waals surface area contributed by atoms with Crippen LogP contribution in [0.25, 0.3) is 0 Å². The van der Waals surface area contributed by atoms with Crippen molar-refractivity contribution in [3.63, 3.8) is 0 Å². The Bertz CT molecular complexity index is 576. The van der Waals surface area contributed by atoms with Gasteiger partial charge in [-0.25, -0.2) is 4.39 Å². The third-order valence-electron chi connectivity index (χ3n) is 3.55. The molecule has 0 saturated carbocycles. The molecule has 0 spiro atoms. The number of aromatic nitrogens is 1. The highest BCUT2D eigenvalue weighted by atomic mass is 19.1. The van der Waals surface area contributed by atoms with Gasteiger partial charge in [-0.05, 0) is 45.0 Å². The molecule has 0 amide bonds. The van der Waals surface area contributed by atoms with Gasteiger partial charge in [0, 0.05) is 17.0 Å². The maximum atomic E-state index is 13.5. The molecular formula is C15H19FN2O2. The lowest BCUT2D eigenvalue weighted by Gasteiger charge is -2.18. The Labute approximate surface area is 117 Å². The first-order valence-corrected chi connectivity index (χ1v) is 6.52. The maximum Gasteiger partial charge on any atom is 0.137 e. The first-order chi connectivity index (χ1) is 9.56. The van der Waals surface area contributed by atoms with Crippen LogP contribution in [0.1, 0.15) is 28.5 Å². The number of halogens is 1. The number of ether oxygens (including phenoxy) is 1. The summed E-state index contributed by atoms with van der Waals surface area (Å²) in [6, 6.07) is 4.49. The maximum absolute atomic E-state index is 13.5. The van der Waals surface area contributed by atoms with Crippen molar-refractivity contribution in [2.24, 2.45) is 5.73 Å². The summed E-state index contributed by atoms with van der Waals surface area (Å²) in [5.41, 5.74) is 8.50. The van der Waals surface area contributed by atoms with E-state index in [1.807, 2.05) is 13.8 Å². The fourth-order valence-corrected chi connectivity index (χ4v) is 2.38. The first-order valence-electron chi connectivity index (χ1n) is 6.52. The van der Waals surface area contributed by atoms with Gasteiger partial charge in [-0.15, -0.1) is 0 Å². The van der Waals surface area contributed by atoms with Gasteiger partial charge in [0.2, 0.25) is 0 Å². The molecule has 0 aliphatic heterocycles. The molecule has 108 valence electrons. The summed E-state index contributed by atoms with van der Waals surface area (Å²) < 4.78 is 24.0. The standard InChI is InChI=1S/C15H19FN2O2/c1-9-13(10(2)20-18-9)6-11(8-17)14-7-12(16)4-5-15(14)19-3/h4-5,7,11H,6,8,17H2,1-3H3. The minimum absolute atomic E-state index is 0.0440. The monoisotopic (exact) mass is 278 g/mol. The molecule has 1 atom stereocenters. The predicted octanol–water partition coefficient (Wildman–Crippen LogP) is 2.72. The Balaban J connectivity index is 2.35. The van der Waals surface area contributed by atoms with Crippen molar-refractivity contribution in [3.05, 3.63) is 46.6 Å². The van der Waals surface area contributed by atoms with Crippen molar-refractivity contribution < 1.29 is 13.7 Å². The largest absolute Gasteiger partial charge is 0.496 e. The Morgan fingerprint density at radius 1 is 1.40 bits per heavy atom. The van der Waals surface area contributed by atoms with E-state index in [1.165, 1.54) is 12.1 Å². The Morgan fingerprint density at radius 3 is 2.70 bits per heavy atom. The van der Waals surface area contributed by atoms with Crippen LogP contribution in [0.4, 0.5) is 4.39 Å². The second kappa shape index (κ2) is 6.05. The summed E-state index contributed by atoms with van der Waals surface area (Å²) in [6.07, 6.45) is 0.650. The number of hydrogen-bond acceptors (Lipinski definition) is 4. The van der Waals surface area contributed by atoms with Crippen LogP contribution in [0, 0.1) is 19.7 Å². The average Bonchev–Trinajstić information content (AvgIpc) is 2.75. The number of nitrogens with zero attached hydrogens (tertiary/aromatic N) is 1. The highest BCUT2D eigenvalue weighted by molar-refractivity contribution is 5.38. The molecule has 20 heavy (non-hydrogen) atoms. The molecule has 0 radical (unpaired) electrons. The van der Waals surface area contributed by atoms with E-state index in [-0.39, 0.29) is 11.7 Å². The molecule has 2 N–H and O–H groups in total. The van der Waals surface area contributed by atoms with Crippen LogP contribution in [0.3, 0.4) is 0 Å². The lowest BCUT2D eigenvalue weighted by molar-refractivity contribution is 0.391. The van der Waals surface area contributed by atoms with Gasteiger partial charge >= 0.3 is 0 Å². The summed E-state index contributed by atoms with van der Waals surface area (Å²) in [6.45, 7) is 4.15. The van der Waals surface area contributed by atoms with Crippen LogP contribution in [0.2, 0.25) is 0 Å². The van der Waals surface area contributed by atoms with Crippen molar-refractivity contribution >= 4 is 0 Å². The second-order valence-electron chi connectivity index (χ2n) is 4.83. The van der Waals surface area contributed by atoms with Crippen molar-refractivity contribution in [2.75, 3.05) is 13.7 Å². The van der Waals surface area contributed by atoms with Gasteiger partial charge in [0.25, 0.3) is 0 Å². The molecule has 2 aromatic rings. The van der Waals surface area contributed by atoms with Gasteiger partial charge < -0.3 is 15.0 Å². The van der Waals surface area contributed by atoms with Crippen molar-refractivity contribution in [3.8, 4) is 5.75 Å². The SMILES string of the molecule is COc1ccc(F)cc1C(CN)Cc1c(C)noc1C. The zero-order valence-electron chi connectivity index (χ0n) is 11.9. The molecule has 0 aliphatic rings. The molecule has 1 heterocycles. The minimum Gasteiger partial charge on any atom is -0.496 e. The molecule has 5 heteroatoms. The van der Waals surface area contributed by atoms with E-state index < -0.39 is 0 Å². The topological polar surface area (TPSA) is 61.3 Å². The number of aryl methyl sites for hydroxylation is 2. The highest BCUT2D eigenvalue weighted by Crippen LogP contribution is 2.31. The van der Waals surface area contributed by atoms with Crippen LogP contribution < -0.4 is 10.5 Å². The lowest BCUT2D eigenvalue weighted by atomic mass is 9.90. The van der Waals surface area contributed by atoms with Gasteiger partial charge in [0.05, 0.1) is 12.8 Å². The predicted molar refractivity (Wildman–Crippen MR) is 74.4 cm³/mol. The summed E-state index contributed by atoms with van der Waals surface area (Å²) in [7, 11) is 1.57. The van der Waals surface area contributed by atoms with Gasteiger partial charge in [-0.1, -0.05) is 5.16 Å². The van der Waals surface area contributed by atoms with E-state index in [9.17, 15) is 4.39 Å². The van der Waals surface area contributed by atoms with E-state index in [1.54, 1.807) is 13.2 Å². The Morgan fingerprint density at radius 2 is 2.15 bits per heavy atom.